The Morgan fingerprint density at radius 1 is 1.10 bits per heavy atom. The van der Waals surface area contributed by atoms with Crippen LogP contribution >= 0.6 is 0 Å². The Morgan fingerprint density at radius 3 is 2.35 bits per heavy atom. The summed E-state index contributed by atoms with van der Waals surface area (Å²) in [5.41, 5.74) is 6.12. The minimum Gasteiger partial charge on any atom is -0.492 e. The quantitative estimate of drug-likeness (QED) is 0.346. The molecule has 6 atom stereocenters. The number of amides is 2. The van der Waals surface area contributed by atoms with Crippen LogP contribution in [0.15, 0.2) is 58.6 Å². The molecule has 1 heterocycles. The third-order valence-electron chi connectivity index (χ3n) is 6.95. The molecule has 0 spiro atoms. The topological polar surface area (TPSA) is 163 Å². The van der Waals surface area contributed by atoms with E-state index in [-0.39, 0.29) is 34.9 Å². The molecule has 0 radical (unpaired) electrons. The molecule has 11 nitrogen and oxygen atoms in total. The van der Waals surface area contributed by atoms with Gasteiger partial charge in [-0.1, -0.05) is 38.2 Å². The van der Waals surface area contributed by atoms with E-state index in [0.29, 0.717) is 12.0 Å². The Hall–Kier alpha value is -3.54. The molecule has 220 valence electrons. The summed E-state index contributed by atoms with van der Waals surface area (Å²) in [7, 11) is 4.21. The van der Waals surface area contributed by atoms with Gasteiger partial charge in [0.25, 0.3) is 5.91 Å². The molecule has 0 aromatic rings. The predicted octanol–water partition coefficient (Wildman–Crippen LogP) is 2.41. The van der Waals surface area contributed by atoms with Crippen molar-refractivity contribution in [3.63, 3.8) is 0 Å². The number of hydrogen-bond donors (Lipinski definition) is 3. The van der Waals surface area contributed by atoms with Crippen molar-refractivity contribution in [2.45, 2.75) is 65.0 Å². The Morgan fingerprint density at radius 2 is 1.77 bits per heavy atom. The number of nitrogens with one attached hydrogen (secondary N) is 1. The molecule has 11 heteroatoms. The molecule has 2 unspecified atom stereocenters. The van der Waals surface area contributed by atoms with E-state index in [1.807, 2.05) is 6.92 Å². The highest BCUT2D eigenvalue weighted by Crippen LogP contribution is 2.29. The summed E-state index contributed by atoms with van der Waals surface area (Å²) in [6.45, 7) is 6.92. The fraction of sp³-hybridized carbons (Fsp3) is 0.517. The SMILES string of the molecule is COC1=C2C[C@@H](C)CC(OC)[C@H](O)[C@@H](C)/C=C(\C)C(OC(N)=O)[C@@H](OC)C=C/C=C(/C)C(=O)NC(=CC1=O)C2=O. The minimum absolute atomic E-state index is 0.0801. The van der Waals surface area contributed by atoms with Gasteiger partial charge in [0.05, 0.1) is 25.0 Å². The van der Waals surface area contributed by atoms with Gasteiger partial charge in [-0.3, -0.25) is 14.4 Å². The van der Waals surface area contributed by atoms with Crippen molar-refractivity contribution in [1.82, 2.24) is 5.32 Å². The van der Waals surface area contributed by atoms with Gasteiger partial charge in [-0.05, 0) is 38.2 Å². The number of primary amides is 1. The van der Waals surface area contributed by atoms with Crippen LogP contribution in [-0.2, 0) is 33.3 Å². The molecule has 0 aromatic carbocycles. The lowest BCUT2D eigenvalue weighted by Gasteiger charge is -2.29. The first-order chi connectivity index (χ1) is 18.8. The number of methoxy groups -OCH3 is 3. The zero-order chi connectivity index (χ0) is 30.1. The van der Waals surface area contributed by atoms with E-state index in [2.05, 4.69) is 5.32 Å². The van der Waals surface area contributed by atoms with Crippen molar-refractivity contribution in [3.05, 3.63) is 58.6 Å². The molecule has 0 fully saturated rings. The van der Waals surface area contributed by atoms with Gasteiger partial charge in [-0.2, -0.15) is 0 Å². The van der Waals surface area contributed by atoms with Crippen molar-refractivity contribution < 1.29 is 43.2 Å². The first kappa shape index (κ1) is 32.7. The van der Waals surface area contributed by atoms with Gasteiger partial charge in [-0.25, -0.2) is 4.79 Å². The zero-order valence-electron chi connectivity index (χ0n) is 24.1. The number of nitrogens with two attached hydrogens (primary N) is 1. The van der Waals surface area contributed by atoms with Gasteiger partial charge in [0.2, 0.25) is 11.6 Å². The van der Waals surface area contributed by atoms with Crippen LogP contribution in [0, 0.1) is 11.8 Å². The summed E-state index contributed by atoms with van der Waals surface area (Å²) in [4.78, 5) is 50.6. The Kier molecular flexibility index (Phi) is 12.0. The lowest BCUT2D eigenvalue weighted by atomic mass is 9.85. The minimum atomic E-state index is -1.00. The lowest BCUT2D eigenvalue weighted by Crippen LogP contribution is -2.37. The molecular weight excluding hydrogens is 520 g/mol. The molecule has 2 amide bonds. The smallest absolute Gasteiger partial charge is 0.405 e. The van der Waals surface area contributed by atoms with Crippen LogP contribution in [0.4, 0.5) is 4.79 Å². The van der Waals surface area contributed by atoms with Crippen LogP contribution in [0.1, 0.15) is 40.5 Å². The van der Waals surface area contributed by atoms with E-state index in [4.69, 9.17) is 24.7 Å². The van der Waals surface area contributed by atoms with E-state index < -0.39 is 53.9 Å². The number of ketones is 2. The first-order valence-electron chi connectivity index (χ1n) is 13.0. The number of rotatable bonds is 4. The monoisotopic (exact) mass is 560 g/mol. The van der Waals surface area contributed by atoms with E-state index in [9.17, 15) is 24.3 Å². The number of Topliss-reactive ketones (excluding diaryl/α,β-unsaturated/α-hetero) is 1. The molecular formula is C29H40N2O9. The number of allylic oxidation sites excluding steroid dienone is 4. The van der Waals surface area contributed by atoms with Crippen molar-refractivity contribution in [2.75, 3.05) is 21.3 Å². The molecule has 2 aliphatic rings. The van der Waals surface area contributed by atoms with Crippen LogP contribution in [0.3, 0.4) is 0 Å². The molecule has 40 heavy (non-hydrogen) atoms. The molecule has 0 saturated heterocycles. The number of fused-ring (bicyclic) bond motifs is 2. The average molecular weight is 561 g/mol. The van der Waals surface area contributed by atoms with Gasteiger partial charge < -0.3 is 35.1 Å². The summed E-state index contributed by atoms with van der Waals surface area (Å²) in [5, 5.41) is 13.7. The third-order valence-corrected chi connectivity index (χ3v) is 6.95. The molecule has 0 aromatic heterocycles. The molecule has 1 aliphatic heterocycles. The second-order valence-corrected chi connectivity index (χ2v) is 10.1. The van der Waals surface area contributed by atoms with E-state index in [1.54, 1.807) is 32.1 Å². The Bertz CT molecular complexity index is 1150. The summed E-state index contributed by atoms with van der Waals surface area (Å²) >= 11 is 0. The number of carbonyl (C=O) groups is 4. The number of aliphatic hydroxyl groups excluding tert-OH is 1. The van der Waals surface area contributed by atoms with Crippen LogP contribution in [0.2, 0.25) is 0 Å². The first-order valence-corrected chi connectivity index (χ1v) is 13.0. The van der Waals surface area contributed by atoms with Crippen molar-refractivity contribution in [2.24, 2.45) is 17.6 Å². The van der Waals surface area contributed by atoms with Crippen molar-refractivity contribution in [1.29, 1.82) is 0 Å². The van der Waals surface area contributed by atoms with E-state index >= 15 is 0 Å². The largest absolute Gasteiger partial charge is 0.492 e. The lowest BCUT2D eigenvalue weighted by molar-refractivity contribution is -0.120. The number of hydrogen-bond acceptors (Lipinski definition) is 9. The highest BCUT2D eigenvalue weighted by atomic mass is 16.6. The van der Waals surface area contributed by atoms with Gasteiger partial charge in [0, 0.05) is 37.4 Å². The van der Waals surface area contributed by atoms with Crippen LogP contribution in [0.5, 0.6) is 0 Å². The fourth-order valence-corrected chi connectivity index (χ4v) is 4.78. The summed E-state index contributed by atoms with van der Waals surface area (Å²) < 4.78 is 21.7. The molecule has 0 saturated carbocycles. The maximum atomic E-state index is 13.3. The normalized spacial score (nSPS) is 31.9. The van der Waals surface area contributed by atoms with Gasteiger partial charge in [-0.15, -0.1) is 0 Å². The van der Waals surface area contributed by atoms with Crippen LogP contribution in [-0.4, -0.2) is 74.4 Å². The van der Waals surface area contributed by atoms with Crippen LogP contribution in [0.25, 0.3) is 0 Å². The number of ether oxygens (including phenoxy) is 4. The molecule has 2 rings (SSSR count). The highest BCUT2D eigenvalue weighted by Gasteiger charge is 2.34. The molecule has 2 bridgehead atoms. The van der Waals surface area contributed by atoms with Gasteiger partial charge >= 0.3 is 6.09 Å². The number of carbonyl (C=O) groups excluding carboxylic acids is 4. The summed E-state index contributed by atoms with van der Waals surface area (Å²) in [5.74, 6) is -2.39. The molecule has 4 N–H and O–H groups in total. The number of aliphatic hydroxyl groups is 1. The van der Waals surface area contributed by atoms with E-state index in [1.165, 1.54) is 34.3 Å². The maximum Gasteiger partial charge on any atom is 0.405 e. The summed E-state index contributed by atoms with van der Waals surface area (Å²) in [6, 6.07) is 0. The highest BCUT2D eigenvalue weighted by molar-refractivity contribution is 6.23. The Balaban J connectivity index is 2.60. The zero-order valence-corrected chi connectivity index (χ0v) is 24.1. The summed E-state index contributed by atoms with van der Waals surface area (Å²) in [6.07, 6.45) is 3.61. The average Bonchev–Trinajstić information content (AvgIpc) is 2.90. The van der Waals surface area contributed by atoms with Gasteiger partial charge in [0.15, 0.2) is 11.9 Å². The third kappa shape index (κ3) is 8.23. The second kappa shape index (κ2) is 14.7. The van der Waals surface area contributed by atoms with Crippen LogP contribution < -0.4 is 11.1 Å². The van der Waals surface area contributed by atoms with Crippen molar-refractivity contribution in [3.8, 4) is 0 Å². The van der Waals surface area contributed by atoms with E-state index in [0.717, 1.165) is 6.08 Å². The standard InChI is InChI=1S/C29H40N2O9/c1-15-11-19-25(34)20(14-21(32)27(19)39-7)31-28(35)16(2)9-8-10-22(37-5)26(40-29(30)36)18(4)13-17(3)24(33)23(12-15)38-6/h8-10,13-15,17,22-24,26,33H,11-12H2,1-7H3,(H2,30,36)(H,31,35)/b10-8?,16-9-,18-13+/t15-,17+,22+,23?,24-,26?/m1/s1. The maximum absolute atomic E-state index is 13.3. The second-order valence-electron chi connectivity index (χ2n) is 10.1. The van der Waals surface area contributed by atoms with Gasteiger partial charge in [0.1, 0.15) is 6.10 Å². The fourth-order valence-electron chi connectivity index (χ4n) is 4.78. The molecule has 1 aliphatic carbocycles. The Labute approximate surface area is 234 Å². The van der Waals surface area contributed by atoms with Crippen molar-refractivity contribution >= 4 is 23.6 Å². The predicted molar refractivity (Wildman–Crippen MR) is 147 cm³/mol.